The van der Waals surface area contributed by atoms with Crippen LogP contribution in [0.3, 0.4) is 0 Å². The lowest BCUT2D eigenvalue weighted by molar-refractivity contribution is 0.148. The van der Waals surface area contributed by atoms with Crippen molar-refractivity contribution < 1.29 is 9.47 Å². The molecule has 21 heavy (non-hydrogen) atoms. The average molecular weight is 282 g/mol. The number of nitrogen functional groups attached to an aromatic ring is 1. The van der Waals surface area contributed by atoms with Crippen molar-refractivity contribution in [1.29, 1.82) is 5.41 Å². The van der Waals surface area contributed by atoms with Gasteiger partial charge in [-0.15, -0.1) is 0 Å². The van der Waals surface area contributed by atoms with Crippen molar-refractivity contribution >= 4 is 5.84 Å². The summed E-state index contributed by atoms with van der Waals surface area (Å²) in [6.45, 7) is 2.56. The van der Waals surface area contributed by atoms with E-state index in [1.807, 2.05) is 18.2 Å². The first-order valence-electron chi connectivity index (χ1n) is 6.95. The molecule has 0 amide bonds. The zero-order valence-corrected chi connectivity index (χ0v) is 11.9. The van der Waals surface area contributed by atoms with Crippen molar-refractivity contribution in [2.45, 2.75) is 19.4 Å². The zero-order valence-electron chi connectivity index (χ0n) is 11.9. The summed E-state index contributed by atoms with van der Waals surface area (Å²) in [6, 6.07) is 13.5. The van der Waals surface area contributed by atoms with Crippen molar-refractivity contribution in [3.05, 3.63) is 59.2 Å². The molecular formula is C17H18N2O2. The summed E-state index contributed by atoms with van der Waals surface area (Å²) in [7, 11) is 0. The summed E-state index contributed by atoms with van der Waals surface area (Å²) < 4.78 is 11.6. The summed E-state index contributed by atoms with van der Waals surface area (Å²) >= 11 is 0. The number of ether oxygens (including phenoxy) is 2. The molecule has 1 heterocycles. The molecule has 108 valence electrons. The molecule has 2 aromatic rings. The van der Waals surface area contributed by atoms with E-state index in [-0.39, 0.29) is 11.9 Å². The molecule has 0 spiro atoms. The smallest absolute Gasteiger partial charge is 0.137 e. The predicted molar refractivity (Wildman–Crippen MR) is 82.3 cm³/mol. The highest BCUT2D eigenvalue weighted by Crippen LogP contribution is 2.29. The maximum absolute atomic E-state index is 7.44. The number of rotatable bonds is 4. The van der Waals surface area contributed by atoms with E-state index in [4.69, 9.17) is 20.6 Å². The number of benzene rings is 2. The van der Waals surface area contributed by atoms with Crippen LogP contribution < -0.4 is 15.2 Å². The Bertz CT molecular complexity index is 682. The quantitative estimate of drug-likeness (QED) is 0.669. The van der Waals surface area contributed by atoms with Crippen molar-refractivity contribution in [2.24, 2.45) is 5.73 Å². The average Bonchev–Trinajstić information content (AvgIpc) is 2.87. The standard InChI is InChI=1S/C17H18N2O2/c1-11-5-6-16-13(7-11)9-15(21-16)10-20-14-4-2-3-12(8-14)17(18)19/h2-8,15H,9-10H2,1H3,(H3,18,19). The fourth-order valence-corrected chi connectivity index (χ4v) is 2.48. The SMILES string of the molecule is Cc1ccc2c(c1)CC(COc1cccc(C(=N)N)c1)O2. The molecule has 0 saturated carbocycles. The second-order valence-electron chi connectivity index (χ2n) is 5.31. The van der Waals surface area contributed by atoms with Gasteiger partial charge in [0.1, 0.15) is 30.0 Å². The molecule has 1 aliphatic heterocycles. The number of fused-ring (bicyclic) bond motifs is 1. The summed E-state index contributed by atoms with van der Waals surface area (Å²) in [5, 5.41) is 7.44. The predicted octanol–water partition coefficient (Wildman–Crippen LogP) is 2.66. The van der Waals surface area contributed by atoms with Gasteiger partial charge in [-0.1, -0.05) is 29.8 Å². The molecule has 0 aliphatic carbocycles. The van der Waals surface area contributed by atoms with Crippen LogP contribution in [0, 0.1) is 12.3 Å². The van der Waals surface area contributed by atoms with Crippen LogP contribution in [0.2, 0.25) is 0 Å². The van der Waals surface area contributed by atoms with E-state index >= 15 is 0 Å². The van der Waals surface area contributed by atoms with Gasteiger partial charge in [0.2, 0.25) is 0 Å². The third-order valence-corrected chi connectivity index (χ3v) is 3.54. The molecule has 0 aromatic heterocycles. The highest BCUT2D eigenvalue weighted by molar-refractivity contribution is 5.95. The van der Waals surface area contributed by atoms with E-state index in [1.54, 1.807) is 12.1 Å². The molecule has 1 unspecified atom stereocenters. The largest absolute Gasteiger partial charge is 0.490 e. The van der Waals surface area contributed by atoms with E-state index in [2.05, 4.69) is 19.1 Å². The van der Waals surface area contributed by atoms with Crippen LogP contribution >= 0.6 is 0 Å². The molecule has 4 heteroatoms. The molecule has 1 aliphatic rings. The lowest BCUT2D eigenvalue weighted by atomic mass is 10.1. The van der Waals surface area contributed by atoms with Gasteiger partial charge < -0.3 is 15.2 Å². The van der Waals surface area contributed by atoms with Gasteiger partial charge in [0.15, 0.2) is 0 Å². The first-order valence-corrected chi connectivity index (χ1v) is 6.95. The lowest BCUT2D eigenvalue weighted by Crippen LogP contribution is -2.22. The number of nitrogens with one attached hydrogen (secondary N) is 1. The van der Waals surface area contributed by atoms with Crippen LogP contribution in [-0.2, 0) is 6.42 Å². The number of nitrogens with two attached hydrogens (primary N) is 1. The first kappa shape index (κ1) is 13.5. The third-order valence-electron chi connectivity index (χ3n) is 3.54. The topological polar surface area (TPSA) is 68.3 Å². The Kier molecular flexibility index (Phi) is 3.52. The monoisotopic (exact) mass is 282 g/mol. The van der Waals surface area contributed by atoms with Gasteiger partial charge in [-0.05, 0) is 30.7 Å². The fourth-order valence-electron chi connectivity index (χ4n) is 2.48. The highest BCUT2D eigenvalue weighted by Gasteiger charge is 2.23. The second-order valence-corrected chi connectivity index (χ2v) is 5.31. The van der Waals surface area contributed by atoms with Gasteiger partial charge in [0.05, 0.1) is 0 Å². The van der Waals surface area contributed by atoms with Crippen LogP contribution in [0.4, 0.5) is 0 Å². The number of aryl methyl sites for hydroxylation is 1. The molecule has 2 aromatic carbocycles. The van der Waals surface area contributed by atoms with Crippen molar-refractivity contribution in [1.82, 2.24) is 0 Å². The minimum Gasteiger partial charge on any atom is -0.490 e. The van der Waals surface area contributed by atoms with Crippen LogP contribution in [0.1, 0.15) is 16.7 Å². The lowest BCUT2D eigenvalue weighted by Gasteiger charge is -2.13. The van der Waals surface area contributed by atoms with E-state index < -0.39 is 0 Å². The molecule has 0 saturated heterocycles. The Hall–Kier alpha value is -2.49. The van der Waals surface area contributed by atoms with Gasteiger partial charge in [0.25, 0.3) is 0 Å². The van der Waals surface area contributed by atoms with E-state index in [0.717, 1.165) is 12.2 Å². The fraction of sp³-hybridized carbons (Fsp3) is 0.235. The van der Waals surface area contributed by atoms with Gasteiger partial charge in [-0.25, -0.2) is 0 Å². The number of hydrogen-bond acceptors (Lipinski definition) is 3. The van der Waals surface area contributed by atoms with Crippen LogP contribution in [-0.4, -0.2) is 18.5 Å². The molecule has 0 bridgehead atoms. The van der Waals surface area contributed by atoms with E-state index in [1.165, 1.54) is 11.1 Å². The van der Waals surface area contributed by atoms with Crippen molar-refractivity contribution in [3.8, 4) is 11.5 Å². The molecular weight excluding hydrogens is 264 g/mol. The summed E-state index contributed by atoms with van der Waals surface area (Å²) in [6.07, 6.45) is 0.895. The minimum absolute atomic E-state index is 0.0304. The van der Waals surface area contributed by atoms with Crippen molar-refractivity contribution in [2.75, 3.05) is 6.61 Å². The van der Waals surface area contributed by atoms with Gasteiger partial charge in [-0.2, -0.15) is 0 Å². The molecule has 4 nitrogen and oxygen atoms in total. The van der Waals surface area contributed by atoms with Gasteiger partial charge in [-0.3, -0.25) is 5.41 Å². The van der Waals surface area contributed by atoms with E-state index in [0.29, 0.717) is 17.9 Å². The molecule has 1 atom stereocenters. The Morgan fingerprint density at radius 3 is 3.00 bits per heavy atom. The van der Waals surface area contributed by atoms with E-state index in [9.17, 15) is 0 Å². The molecule has 3 rings (SSSR count). The van der Waals surface area contributed by atoms with Gasteiger partial charge in [0, 0.05) is 12.0 Å². The normalized spacial score (nSPS) is 16.1. The Morgan fingerprint density at radius 1 is 1.33 bits per heavy atom. The Morgan fingerprint density at radius 2 is 2.19 bits per heavy atom. The number of hydrogen-bond donors (Lipinski definition) is 2. The first-order chi connectivity index (χ1) is 10.1. The summed E-state index contributed by atoms with van der Waals surface area (Å²) in [5.74, 6) is 1.70. The maximum Gasteiger partial charge on any atom is 0.137 e. The summed E-state index contributed by atoms with van der Waals surface area (Å²) in [4.78, 5) is 0. The molecule has 0 radical (unpaired) electrons. The van der Waals surface area contributed by atoms with Crippen molar-refractivity contribution in [3.63, 3.8) is 0 Å². The minimum atomic E-state index is 0.0304. The maximum atomic E-state index is 7.44. The zero-order chi connectivity index (χ0) is 14.8. The highest BCUT2D eigenvalue weighted by atomic mass is 16.5. The van der Waals surface area contributed by atoms with Crippen LogP contribution in [0.5, 0.6) is 11.5 Å². The Balaban J connectivity index is 1.62. The van der Waals surface area contributed by atoms with Crippen LogP contribution in [0.25, 0.3) is 0 Å². The van der Waals surface area contributed by atoms with Gasteiger partial charge >= 0.3 is 0 Å². The summed E-state index contributed by atoms with van der Waals surface area (Å²) in [5.41, 5.74) is 8.62. The Labute approximate surface area is 124 Å². The number of amidine groups is 1. The molecule has 3 N–H and O–H groups in total. The third kappa shape index (κ3) is 2.99. The molecule has 0 fully saturated rings. The van der Waals surface area contributed by atoms with Crippen LogP contribution in [0.15, 0.2) is 42.5 Å². The second kappa shape index (κ2) is 5.48.